The van der Waals surface area contributed by atoms with E-state index in [2.05, 4.69) is 9.71 Å². The van der Waals surface area contributed by atoms with E-state index in [4.69, 9.17) is 0 Å². The molecule has 7 heteroatoms. The molecule has 0 spiro atoms. The van der Waals surface area contributed by atoms with Crippen LogP contribution in [0.25, 0.3) is 0 Å². The minimum absolute atomic E-state index is 0.127. The Labute approximate surface area is 129 Å². The molecule has 5 nitrogen and oxygen atoms in total. The van der Waals surface area contributed by atoms with Crippen LogP contribution >= 0.6 is 0 Å². The number of aryl methyl sites for hydroxylation is 1. The number of aromatic nitrogens is 1. The van der Waals surface area contributed by atoms with Gasteiger partial charge < -0.3 is 4.90 Å². The molecule has 0 amide bonds. The van der Waals surface area contributed by atoms with Gasteiger partial charge >= 0.3 is 0 Å². The monoisotopic (exact) mass is 323 g/mol. The minimum Gasteiger partial charge on any atom is -0.361 e. The first kappa shape index (κ1) is 16.2. The Morgan fingerprint density at radius 2 is 2.00 bits per heavy atom. The highest BCUT2D eigenvalue weighted by molar-refractivity contribution is 7.92. The average molecular weight is 323 g/mol. The number of nitrogens with one attached hydrogen (secondary N) is 1. The van der Waals surface area contributed by atoms with E-state index in [1.54, 1.807) is 49.5 Å². The zero-order valence-corrected chi connectivity index (χ0v) is 13.3. The summed E-state index contributed by atoms with van der Waals surface area (Å²) in [5.74, 6) is 0.0416. The summed E-state index contributed by atoms with van der Waals surface area (Å²) in [6, 6.07) is 9.25. The number of rotatable bonds is 6. The smallest absolute Gasteiger partial charge is 0.233 e. The van der Waals surface area contributed by atoms with Gasteiger partial charge in [-0.2, -0.15) is 0 Å². The number of halogens is 1. The lowest BCUT2D eigenvalue weighted by Gasteiger charge is -2.16. The van der Waals surface area contributed by atoms with Gasteiger partial charge in [-0.25, -0.2) is 17.8 Å². The first-order valence-corrected chi connectivity index (χ1v) is 8.40. The fourth-order valence-electron chi connectivity index (χ4n) is 2.00. The van der Waals surface area contributed by atoms with Crippen molar-refractivity contribution in [3.05, 3.63) is 54.0 Å². The van der Waals surface area contributed by atoms with Crippen molar-refractivity contribution in [2.75, 3.05) is 29.5 Å². The first-order chi connectivity index (χ1) is 10.4. The standard InChI is InChI=1S/C15H18FN3O2S/c1-19(2)15-14(7-4-9-17-15)18-22(20,21)10-8-12-5-3-6-13(16)11-12/h3-7,9,11,18H,8,10H2,1-2H3. The van der Waals surface area contributed by atoms with Crippen LogP contribution < -0.4 is 9.62 Å². The molecule has 1 aromatic heterocycles. The molecule has 0 radical (unpaired) electrons. The fourth-order valence-corrected chi connectivity index (χ4v) is 3.10. The Kier molecular flexibility index (Phi) is 4.97. The van der Waals surface area contributed by atoms with Crippen LogP contribution in [-0.4, -0.2) is 33.2 Å². The van der Waals surface area contributed by atoms with Gasteiger partial charge in [0, 0.05) is 20.3 Å². The topological polar surface area (TPSA) is 62.3 Å². The second-order valence-corrected chi connectivity index (χ2v) is 6.91. The summed E-state index contributed by atoms with van der Waals surface area (Å²) >= 11 is 0. The molecule has 0 aliphatic heterocycles. The molecule has 22 heavy (non-hydrogen) atoms. The van der Waals surface area contributed by atoms with Gasteiger partial charge in [0.15, 0.2) is 5.82 Å². The summed E-state index contributed by atoms with van der Waals surface area (Å²) in [6.45, 7) is 0. The van der Waals surface area contributed by atoms with Gasteiger partial charge in [-0.15, -0.1) is 0 Å². The van der Waals surface area contributed by atoms with Crippen LogP contribution in [0.5, 0.6) is 0 Å². The van der Waals surface area contributed by atoms with Crippen molar-refractivity contribution in [2.24, 2.45) is 0 Å². The van der Waals surface area contributed by atoms with Gasteiger partial charge in [-0.3, -0.25) is 4.72 Å². The third kappa shape index (κ3) is 4.42. The lowest BCUT2D eigenvalue weighted by molar-refractivity contribution is 0.599. The molecular formula is C15H18FN3O2S. The van der Waals surface area contributed by atoms with Gasteiger partial charge in [-0.05, 0) is 36.2 Å². The van der Waals surface area contributed by atoms with Crippen LogP contribution in [0.4, 0.5) is 15.9 Å². The van der Waals surface area contributed by atoms with Crippen LogP contribution in [0.2, 0.25) is 0 Å². The van der Waals surface area contributed by atoms with E-state index >= 15 is 0 Å². The van der Waals surface area contributed by atoms with Gasteiger partial charge in [0.05, 0.1) is 11.4 Å². The number of anilines is 2. The molecule has 0 bridgehead atoms. The SMILES string of the molecule is CN(C)c1ncccc1NS(=O)(=O)CCc1cccc(F)c1. The molecule has 0 aliphatic rings. The maximum absolute atomic E-state index is 13.1. The number of sulfonamides is 1. The predicted molar refractivity (Wildman–Crippen MR) is 86.1 cm³/mol. The molecule has 1 aromatic carbocycles. The third-order valence-electron chi connectivity index (χ3n) is 3.02. The van der Waals surface area contributed by atoms with Crippen molar-refractivity contribution in [1.29, 1.82) is 0 Å². The van der Waals surface area contributed by atoms with Crippen LogP contribution in [0.3, 0.4) is 0 Å². The summed E-state index contributed by atoms with van der Waals surface area (Å²) in [7, 11) is 0.0284. The molecule has 2 aromatic rings. The largest absolute Gasteiger partial charge is 0.361 e. The highest BCUT2D eigenvalue weighted by atomic mass is 32.2. The summed E-state index contributed by atoms with van der Waals surface area (Å²) < 4.78 is 40.0. The molecule has 0 unspecified atom stereocenters. The third-order valence-corrected chi connectivity index (χ3v) is 4.30. The normalized spacial score (nSPS) is 11.2. The Bertz CT molecular complexity index is 748. The molecular weight excluding hydrogens is 305 g/mol. The second kappa shape index (κ2) is 6.74. The predicted octanol–water partition coefficient (Wildman–Crippen LogP) is 2.27. The van der Waals surface area contributed by atoms with E-state index in [0.717, 1.165) is 0 Å². The van der Waals surface area contributed by atoms with Crippen molar-refractivity contribution in [1.82, 2.24) is 4.98 Å². The number of pyridine rings is 1. The Morgan fingerprint density at radius 1 is 1.23 bits per heavy atom. The summed E-state index contributed by atoms with van der Waals surface area (Å²) in [5, 5.41) is 0. The zero-order valence-electron chi connectivity index (χ0n) is 12.5. The molecule has 0 saturated heterocycles. The minimum atomic E-state index is -3.54. The quantitative estimate of drug-likeness (QED) is 0.886. The summed E-state index contributed by atoms with van der Waals surface area (Å²) in [5.41, 5.74) is 1.07. The molecule has 0 fully saturated rings. The van der Waals surface area contributed by atoms with E-state index in [0.29, 0.717) is 17.1 Å². The fraction of sp³-hybridized carbons (Fsp3) is 0.267. The van der Waals surface area contributed by atoms with Gasteiger partial charge in [0.1, 0.15) is 5.82 Å². The van der Waals surface area contributed by atoms with E-state index in [1.165, 1.54) is 12.1 Å². The molecule has 1 heterocycles. The van der Waals surface area contributed by atoms with Crippen LogP contribution in [0.15, 0.2) is 42.6 Å². The highest BCUT2D eigenvalue weighted by Crippen LogP contribution is 2.21. The molecule has 118 valence electrons. The maximum atomic E-state index is 13.1. The number of nitrogens with zero attached hydrogens (tertiary/aromatic N) is 2. The highest BCUT2D eigenvalue weighted by Gasteiger charge is 2.14. The van der Waals surface area contributed by atoms with Crippen molar-refractivity contribution < 1.29 is 12.8 Å². The van der Waals surface area contributed by atoms with Crippen molar-refractivity contribution in [3.8, 4) is 0 Å². The van der Waals surface area contributed by atoms with Crippen molar-refractivity contribution in [2.45, 2.75) is 6.42 Å². The van der Waals surface area contributed by atoms with Crippen LogP contribution in [0, 0.1) is 5.82 Å². The second-order valence-electron chi connectivity index (χ2n) is 5.07. The van der Waals surface area contributed by atoms with Crippen LogP contribution in [0.1, 0.15) is 5.56 Å². The van der Waals surface area contributed by atoms with E-state index < -0.39 is 10.0 Å². The van der Waals surface area contributed by atoms with Crippen molar-refractivity contribution in [3.63, 3.8) is 0 Å². The average Bonchev–Trinajstić information content (AvgIpc) is 2.45. The summed E-state index contributed by atoms with van der Waals surface area (Å²) in [6.07, 6.45) is 1.84. The lowest BCUT2D eigenvalue weighted by Crippen LogP contribution is -2.21. The molecule has 0 saturated carbocycles. The van der Waals surface area contributed by atoms with E-state index in [1.807, 2.05) is 0 Å². The lowest BCUT2D eigenvalue weighted by atomic mass is 10.2. The van der Waals surface area contributed by atoms with Crippen LogP contribution in [-0.2, 0) is 16.4 Å². The number of hydrogen-bond acceptors (Lipinski definition) is 4. The van der Waals surface area contributed by atoms with Crippen molar-refractivity contribution >= 4 is 21.5 Å². The number of benzene rings is 1. The van der Waals surface area contributed by atoms with Gasteiger partial charge in [0.25, 0.3) is 0 Å². The molecule has 1 N–H and O–H groups in total. The maximum Gasteiger partial charge on any atom is 0.233 e. The number of hydrogen-bond donors (Lipinski definition) is 1. The van der Waals surface area contributed by atoms with E-state index in [9.17, 15) is 12.8 Å². The Morgan fingerprint density at radius 3 is 2.68 bits per heavy atom. The first-order valence-electron chi connectivity index (χ1n) is 6.75. The van der Waals surface area contributed by atoms with E-state index in [-0.39, 0.29) is 18.0 Å². The molecule has 0 atom stereocenters. The van der Waals surface area contributed by atoms with Gasteiger partial charge in [-0.1, -0.05) is 12.1 Å². The zero-order chi connectivity index (χ0) is 16.2. The Hall–Kier alpha value is -2.15. The molecule has 2 rings (SSSR count). The Balaban J connectivity index is 2.09. The molecule has 0 aliphatic carbocycles. The summed E-state index contributed by atoms with van der Waals surface area (Å²) in [4.78, 5) is 5.87. The van der Waals surface area contributed by atoms with Gasteiger partial charge in [0.2, 0.25) is 10.0 Å².